The summed E-state index contributed by atoms with van der Waals surface area (Å²) < 4.78 is 39.8. The highest BCUT2D eigenvalue weighted by Gasteiger charge is 2.23. The van der Waals surface area contributed by atoms with E-state index in [2.05, 4.69) is 4.72 Å². The van der Waals surface area contributed by atoms with Gasteiger partial charge in [-0.05, 0) is 54.8 Å². The summed E-state index contributed by atoms with van der Waals surface area (Å²) in [6.07, 6.45) is 2.92. The molecule has 140 valence electrons. The monoisotopic (exact) mass is 376 g/mol. The third-order valence-electron chi connectivity index (χ3n) is 4.30. The van der Waals surface area contributed by atoms with Crippen molar-refractivity contribution >= 4 is 15.9 Å². The van der Waals surface area contributed by atoms with E-state index in [0.717, 1.165) is 30.6 Å². The third-order valence-corrected chi connectivity index (χ3v) is 5.83. The summed E-state index contributed by atoms with van der Waals surface area (Å²) in [5.74, 6) is 1.46. The van der Waals surface area contributed by atoms with Crippen molar-refractivity contribution in [3.8, 4) is 11.5 Å². The Morgan fingerprint density at radius 1 is 1.00 bits per heavy atom. The minimum absolute atomic E-state index is 0.413. The lowest BCUT2D eigenvalue weighted by molar-refractivity contribution is 0.305. The number of piperidine rings is 1. The molecule has 26 heavy (non-hydrogen) atoms. The number of nitrogens with one attached hydrogen (secondary N) is 1. The summed E-state index contributed by atoms with van der Waals surface area (Å²) in [4.78, 5) is 0. The Labute approximate surface area is 154 Å². The molecule has 0 bridgehead atoms. The highest BCUT2D eigenvalue weighted by Crippen LogP contribution is 2.21. The highest BCUT2D eigenvalue weighted by atomic mass is 32.2. The maximum atomic E-state index is 12.4. The van der Waals surface area contributed by atoms with Crippen LogP contribution >= 0.6 is 0 Å². The van der Waals surface area contributed by atoms with E-state index < -0.39 is 10.2 Å². The molecule has 3 rings (SSSR count). The number of methoxy groups -OCH3 is 1. The summed E-state index contributed by atoms with van der Waals surface area (Å²) in [6.45, 7) is 1.57. The second-order valence-electron chi connectivity index (χ2n) is 6.23. The van der Waals surface area contributed by atoms with Gasteiger partial charge in [-0.2, -0.15) is 12.7 Å². The Bertz CT molecular complexity index is 816. The van der Waals surface area contributed by atoms with Crippen molar-refractivity contribution in [1.82, 2.24) is 4.31 Å². The zero-order valence-corrected chi connectivity index (χ0v) is 15.7. The van der Waals surface area contributed by atoms with E-state index in [0.29, 0.717) is 31.1 Å². The molecule has 1 N–H and O–H groups in total. The topological polar surface area (TPSA) is 67.9 Å². The van der Waals surface area contributed by atoms with Crippen molar-refractivity contribution in [3.63, 3.8) is 0 Å². The molecule has 0 aromatic heterocycles. The number of hydrogen-bond acceptors (Lipinski definition) is 4. The van der Waals surface area contributed by atoms with Gasteiger partial charge in [0.15, 0.2) is 0 Å². The maximum Gasteiger partial charge on any atom is 0.301 e. The number of rotatable bonds is 7. The van der Waals surface area contributed by atoms with Gasteiger partial charge in [0.2, 0.25) is 0 Å². The zero-order chi connectivity index (χ0) is 18.4. The lowest BCUT2D eigenvalue weighted by Gasteiger charge is -2.26. The Morgan fingerprint density at radius 2 is 1.73 bits per heavy atom. The normalized spacial score (nSPS) is 15.4. The van der Waals surface area contributed by atoms with Crippen molar-refractivity contribution in [2.45, 2.75) is 25.9 Å². The maximum absolute atomic E-state index is 12.4. The first-order chi connectivity index (χ1) is 12.6. The van der Waals surface area contributed by atoms with Crippen LogP contribution in [-0.2, 0) is 16.8 Å². The first-order valence-electron chi connectivity index (χ1n) is 8.70. The fraction of sp³-hybridized carbons (Fsp3) is 0.368. The molecule has 0 spiro atoms. The third kappa shape index (κ3) is 4.89. The van der Waals surface area contributed by atoms with Crippen LogP contribution in [0.25, 0.3) is 0 Å². The van der Waals surface area contributed by atoms with Gasteiger partial charge in [0.1, 0.15) is 18.1 Å². The molecule has 1 aliphatic rings. The largest absolute Gasteiger partial charge is 0.497 e. The van der Waals surface area contributed by atoms with Gasteiger partial charge in [0.05, 0.1) is 12.8 Å². The van der Waals surface area contributed by atoms with E-state index in [4.69, 9.17) is 9.47 Å². The van der Waals surface area contributed by atoms with Crippen molar-refractivity contribution in [1.29, 1.82) is 0 Å². The van der Waals surface area contributed by atoms with E-state index in [9.17, 15) is 8.42 Å². The van der Waals surface area contributed by atoms with Gasteiger partial charge in [0, 0.05) is 13.1 Å². The summed E-state index contributed by atoms with van der Waals surface area (Å²) in [7, 11) is -1.85. The summed E-state index contributed by atoms with van der Waals surface area (Å²) in [6, 6.07) is 14.6. The van der Waals surface area contributed by atoms with E-state index in [1.807, 2.05) is 24.3 Å². The van der Waals surface area contributed by atoms with E-state index in [1.54, 1.807) is 31.4 Å². The van der Waals surface area contributed by atoms with Crippen LogP contribution in [-0.4, -0.2) is 32.9 Å². The van der Waals surface area contributed by atoms with Gasteiger partial charge >= 0.3 is 10.2 Å². The molecule has 0 amide bonds. The zero-order valence-electron chi connectivity index (χ0n) is 14.8. The average Bonchev–Trinajstić information content (AvgIpc) is 2.68. The lowest BCUT2D eigenvalue weighted by atomic mass is 10.2. The Hall–Kier alpha value is -2.25. The molecule has 2 aromatic rings. The molecule has 1 fully saturated rings. The lowest BCUT2D eigenvalue weighted by Crippen LogP contribution is -2.39. The van der Waals surface area contributed by atoms with Crippen LogP contribution in [0.4, 0.5) is 5.69 Å². The van der Waals surface area contributed by atoms with E-state index in [-0.39, 0.29) is 0 Å². The van der Waals surface area contributed by atoms with Crippen LogP contribution < -0.4 is 14.2 Å². The van der Waals surface area contributed by atoms with Crippen molar-refractivity contribution < 1.29 is 17.9 Å². The molecule has 1 aliphatic heterocycles. The first kappa shape index (κ1) is 18.5. The fourth-order valence-electron chi connectivity index (χ4n) is 2.87. The van der Waals surface area contributed by atoms with Crippen LogP contribution in [0.5, 0.6) is 11.5 Å². The quantitative estimate of drug-likeness (QED) is 0.804. The predicted molar refractivity (Wildman–Crippen MR) is 102 cm³/mol. The number of anilines is 1. The smallest absolute Gasteiger partial charge is 0.301 e. The molecule has 0 saturated carbocycles. The van der Waals surface area contributed by atoms with Crippen molar-refractivity contribution in [3.05, 3.63) is 54.1 Å². The Balaban J connectivity index is 1.57. The number of nitrogens with zero attached hydrogens (tertiary/aromatic N) is 1. The molecular formula is C19H24N2O4S. The van der Waals surface area contributed by atoms with E-state index in [1.165, 1.54) is 4.31 Å². The Kier molecular flexibility index (Phi) is 6.00. The summed E-state index contributed by atoms with van der Waals surface area (Å²) >= 11 is 0. The number of hydrogen-bond donors (Lipinski definition) is 1. The SMILES string of the molecule is COc1cccc(COc2ccc(NS(=O)(=O)N3CCCCC3)cc2)c1. The summed E-state index contributed by atoms with van der Waals surface area (Å²) in [5, 5.41) is 0. The standard InChI is InChI=1S/C19H24N2O4S/c1-24-19-7-5-6-16(14-19)15-25-18-10-8-17(9-11-18)20-26(22,23)21-12-3-2-4-13-21/h5-11,14,20H,2-4,12-13,15H2,1H3. The molecule has 2 aromatic carbocycles. The molecular weight excluding hydrogens is 352 g/mol. The van der Waals surface area contributed by atoms with Crippen LogP contribution in [0, 0.1) is 0 Å². The van der Waals surface area contributed by atoms with Gasteiger partial charge in [0.25, 0.3) is 0 Å². The molecule has 1 saturated heterocycles. The molecule has 6 nitrogen and oxygen atoms in total. The Morgan fingerprint density at radius 3 is 2.42 bits per heavy atom. The predicted octanol–water partition coefficient (Wildman–Crippen LogP) is 3.42. The van der Waals surface area contributed by atoms with Crippen molar-refractivity contribution in [2.75, 3.05) is 24.9 Å². The number of ether oxygens (including phenoxy) is 2. The number of benzene rings is 2. The van der Waals surface area contributed by atoms with E-state index >= 15 is 0 Å². The van der Waals surface area contributed by atoms with Gasteiger partial charge in [-0.25, -0.2) is 0 Å². The van der Waals surface area contributed by atoms with Crippen LogP contribution in [0.2, 0.25) is 0 Å². The van der Waals surface area contributed by atoms with Gasteiger partial charge in [-0.1, -0.05) is 18.6 Å². The average molecular weight is 376 g/mol. The minimum atomic E-state index is -3.48. The molecule has 7 heteroatoms. The molecule has 0 aliphatic carbocycles. The van der Waals surface area contributed by atoms with Crippen molar-refractivity contribution in [2.24, 2.45) is 0 Å². The minimum Gasteiger partial charge on any atom is -0.497 e. The fourth-order valence-corrected chi connectivity index (χ4v) is 4.17. The molecule has 0 unspecified atom stereocenters. The van der Waals surface area contributed by atoms with Gasteiger partial charge in [-0.3, -0.25) is 4.72 Å². The van der Waals surface area contributed by atoms with Crippen LogP contribution in [0.3, 0.4) is 0 Å². The molecule has 0 atom stereocenters. The summed E-state index contributed by atoms with van der Waals surface area (Å²) in [5.41, 5.74) is 1.53. The second kappa shape index (κ2) is 8.42. The first-order valence-corrected chi connectivity index (χ1v) is 10.1. The molecule has 0 radical (unpaired) electrons. The van der Waals surface area contributed by atoms with Crippen LogP contribution in [0.1, 0.15) is 24.8 Å². The molecule has 1 heterocycles. The second-order valence-corrected chi connectivity index (χ2v) is 7.90. The van der Waals surface area contributed by atoms with Crippen LogP contribution in [0.15, 0.2) is 48.5 Å². The van der Waals surface area contributed by atoms with Gasteiger partial charge < -0.3 is 9.47 Å². The highest BCUT2D eigenvalue weighted by molar-refractivity contribution is 7.90. The van der Waals surface area contributed by atoms with Gasteiger partial charge in [-0.15, -0.1) is 0 Å².